The molecule has 21 heavy (non-hydrogen) atoms. The van der Waals surface area contributed by atoms with E-state index in [0.717, 1.165) is 10.0 Å². The fraction of sp³-hybridized carbons (Fsp3) is 0.188. The van der Waals surface area contributed by atoms with Gasteiger partial charge >= 0.3 is 0 Å². The van der Waals surface area contributed by atoms with Gasteiger partial charge in [0.25, 0.3) is 5.24 Å². The van der Waals surface area contributed by atoms with Gasteiger partial charge in [-0.2, -0.15) is 0 Å². The molecule has 0 saturated carbocycles. The van der Waals surface area contributed by atoms with Crippen LogP contribution in [0, 0.1) is 0 Å². The molecule has 0 bridgehead atoms. The van der Waals surface area contributed by atoms with Crippen molar-refractivity contribution in [2.75, 3.05) is 6.61 Å². The maximum absolute atomic E-state index is 11.2. The fourth-order valence-corrected chi connectivity index (χ4v) is 2.37. The highest BCUT2D eigenvalue weighted by Gasteiger charge is 2.10. The van der Waals surface area contributed by atoms with E-state index >= 15 is 0 Å². The topological polar surface area (TPSA) is 35.5 Å². The van der Waals surface area contributed by atoms with E-state index in [9.17, 15) is 4.79 Å². The Morgan fingerprint density at radius 3 is 2.62 bits per heavy atom. The first-order valence-corrected chi connectivity index (χ1v) is 7.61. The highest BCUT2D eigenvalue weighted by molar-refractivity contribution is 9.10. The van der Waals surface area contributed by atoms with Crippen LogP contribution in [0.15, 0.2) is 46.9 Å². The summed E-state index contributed by atoms with van der Waals surface area (Å²) in [6, 6.07) is 12.8. The first kappa shape index (κ1) is 15.9. The Morgan fingerprint density at radius 1 is 1.14 bits per heavy atom. The summed E-state index contributed by atoms with van der Waals surface area (Å²) < 4.78 is 12.3. The van der Waals surface area contributed by atoms with Crippen molar-refractivity contribution in [2.45, 2.75) is 13.5 Å². The smallest absolute Gasteiger partial charge is 0.252 e. The van der Waals surface area contributed by atoms with Gasteiger partial charge in [-0.1, -0.05) is 28.1 Å². The molecule has 0 aliphatic carbocycles. The largest absolute Gasteiger partial charge is 0.490 e. The predicted octanol–water partition coefficient (Wildman–Crippen LogP) is 4.81. The second-order valence-corrected chi connectivity index (χ2v) is 5.55. The molecular weight excluding hydrogens is 356 g/mol. The van der Waals surface area contributed by atoms with Crippen molar-refractivity contribution >= 4 is 32.8 Å². The predicted molar refractivity (Wildman–Crippen MR) is 86.3 cm³/mol. The first-order chi connectivity index (χ1) is 10.1. The average molecular weight is 370 g/mol. The Morgan fingerprint density at radius 2 is 1.95 bits per heavy atom. The minimum absolute atomic E-state index is 0.384. The molecule has 3 nitrogen and oxygen atoms in total. The van der Waals surface area contributed by atoms with E-state index < -0.39 is 5.24 Å². The summed E-state index contributed by atoms with van der Waals surface area (Å²) in [5.41, 5.74) is 1.42. The Kier molecular flexibility index (Phi) is 5.65. The molecule has 2 rings (SSSR count). The van der Waals surface area contributed by atoms with E-state index in [-0.39, 0.29) is 0 Å². The maximum Gasteiger partial charge on any atom is 0.252 e. The number of hydrogen-bond acceptors (Lipinski definition) is 3. The van der Waals surface area contributed by atoms with Gasteiger partial charge in [-0.05, 0) is 54.4 Å². The highest BCUT2D eigenvalue weighted by atomic mass is 79.9. The van der Waals surface area contributed by atoms with Crippen LogP contribution < -0.4 is 9.47 Å². The van der Waals surface area contributed by atoms with Crippen molar-refractivity contribution in [1.82, 2.24) is 0 Å². The molecule has 110 valence electrons. The molecule has 5 heteroatoms. The van der Waals surface area contributed by atoms with Gasteiger partial charge in [0.15, 0.2) is 11.5 Å². The molecule has 0 fully saturated rings. The molecule has 0 aromatic heterocycles. The molecule has 0 N–H and O–H groups in total. The van der Waals surface area contributed by atoms with Crippen LogP contribution in [-0.2, 0) is 6.61 Å². The van der Waals surface area contributed by atoms with E-state index in [4.69, 9.17) is 21.1 Å². The lowest BCUT2D eigenvalue weighted by molar-refractivity contribution is 0.108. The molecule has 0 aliphatic heterocycles. The Bertz CT molecular complexity index is 643. The zero-order chi connectivity index (χ0) is 15.2. The van der Waals surface area contributed by atoms with Crippen LogP contribution in [0.4, 0.5) is 0 Å². The van der Waals surface area contributed by atoms with Crippen LogP contribution in [0.2, 0.25) is 0 Å². The summed E-state index contributed by atoms with van der Waals surface area (Å²) in [6.07, 6.45) is 0. The molecule has 0 unspecified atom stereocenters. The van der Waals surface area contributed by atoms with Gasteiger partial charge in [-0.3, -0.25) is 4.79 Å². The standard InChI is InChI=1S/C16H14BrClO3/c1-2-20-15-9-12(16(18)19)6-7-14(15)21-10-11-4-3-5-13(17)8-11/h3-9H,2,10H2,1H3. The zero-order valence-corrected chi connectivity index (χ0v) is 13.8. The number of carbonyl (C=O) groups is 1. The Balaban J connectivity index is 2.16. The second-order valence-electron chi connectivity index (χ2n) is 4.29. The van der Waals surface area contributed by atoms with Crippen molar-refractivity contribution in [3.8, 4) is 11.5 Å². The van der Waals surface area contributed by atoms with Gasteiger partial charge in [0.1, 0.15) is 6.61 Å². The zero-order valence-electron chi connectivity index (χ0n) is 11.4. The lowest BCUT2D eigenvalue weighted by atomic mass is 10.2. The fourth-order valence-electron chi connectivity index (χ4n) is 1.81. The van der Waals surface area contributed by atoms with Crippen LogP contribution in [0.1, 0.15) is 22.8 Å². The Labute approximate surface area is 137 Å². The molecule has 0 radical (unpaired) electrons. The van der Waals surface area contributed by atoms with Crippen molar-refractivity contribution < 1.29 is 14.3 Å². The third-order valence-electron chi connectivity index (χ3n) is 2.75. The van der Waals surface area contributed by atoms with E-state index in [0.29, 0.717) is 30.3 Å². The summed E-state index contributed by atoms with van der Waals surface area (Å²) in [5.74, 6) is 1.09. The van der Waals surface area contributed by atoms with Crippen LogP contribution >= 0.6 is 27.5 Å². The summed E-state index contributed by atoms with van der Waals surface area (Å²) in [5, 5.41) is -0.519. The van der Waals surface area contributed by atoms with Gasteiger partial charge in [0.05, 0.1) is 6.61 Å². The minimum Gasteiger partial charge on any atom is -0.490 e. The number of ether oxygens (including phenoxy) is 2. The third-order valence-corrected chi connectivity index (χ3v) is 3.47. The number of rotatable bonds is 6. The van der Waals surface area contributed by atoms with Crippen LogP contribution in [-0.4, -0.2) is 11.8 Å². The van der Waals surface area contributed by atoms with Gasteiger partial charge in [-0.15, -0.1) is 0 Å². The number of benzene rings is 2. The third kappa shape index (κ3) is 4.48. The van der Waals surface area contributed by atoms with Gasteiger partial charge in [0.2, 0.25) is 0 Å². The molecule has 0 heterocycles. The monoisotopic (exact) mass is 368 g/mol. The average Bonchev–Trinajstić information content (AvgIpc) is 2.46. The number of carbonyl (C=O) groups excluding carboxylic acids is 1. The summed E-state index contributed by atoms with van der Waals surface area (Å²) >= 11 is 8.90. The molecule has 2 aromatic carbocycles. The Hall–Kier alpha value is -1.52. The second kappa shape index (κ2) is 7.48. The van der Waals surface area contributed by atoms with E-state index in [1.807, 2.05) is 31.2 Å². The highest BCUT2D eigenvalue weighted by Crippen LogP contribution is 2.30. The molecule has 0 spiro atoms. The molecule has 0 saturated heterocycles. The van der Waals surface area contributed by atoms with Crippen LogP contribution in [0.25, 0.3) is 0 Å². The normalized spacial score (nSPS) is 10.2. The lowest BCUT2D eigenvalue weighted by Gasteiger charge is -2.12. The van der Waals surface area contributed by atoms with Crippen molar-refractivity contribution in [3.63, 3.8) is 0 Å². The SMILES string of the molecule is CCOc1cc(C(=O)Cl)ccc1OCc1cccc(Br)c1. The van der Waals surface area contributed by atoms with E-state index in [2.05, 4.69) is 15.9 Å². The van der Waals surface area contributed by atoms with E-state index in [1.54, 1.807) is 18.2 Å². The molecule has 0 aliphatic rings. The van der Waals surface area contributed by atoms with Crippen molar-refractivity contribution in [3.05, 3.63) is 58.1 Å². The number of halogens is 2. The van der Waals surface area contributed by atoms with Crippen molar-refractivity contribution in [1.29, 1.82) is 0 Å². The van der Waals surface area contributed by atoms with Gasteiger partial charge in [0, 0.05) is 10.0 Å². The lowest BCUT2D eigenvalue weighted by Crippen LogP contribution is -2.01. The summed E-state index contributed by atoms with van der Waals surface area (Å²) in [6.45, 7) is 2.76. The van der Waals surface area contributed by atoms with Gasteiger partial charge < -0.3 is 9.47 Å². The molecular formula is C16H14BrClO3. The molecule has 0 amide bonds. The van der Waals surface area contributed by atoms with E-state index in [1.165, 1.54) is 0 Å². The number of hydrogen-bond donors (Lipinski definition) is 0. The minimum atomic E-state index is -0.519. The first-order valence-electron chi connectivity index (χ1n) is 6.44. The van der Waals surface area contributed by atoms with Gasteiger partial charge in [-0.25, -0.2) is 0 Å². The molecule has 0 atom stereocenters. The van der Waals surface area contributed by atoms with Crippen molar-refractivity contribution in [2.24, 2.45) is 0 Å². The maximum atomic E-state index is 11.2. The van der Waals surface area contributed by atoms with Crippen LogP contribution in [0.5, 0.6) is 11.5 Å². The van der Waals surface area contributed by atoms with Crippen LogP contribution in [0.3, 0.4) is 0 Å². The molecule has 2 aromatic rings. The quantitative estimate of drug-likeness (QED) is 0.686. The summed E-state index contributed by atoms with van der Waals surface area (Å²) in [4.78, 5) is 11.2. The summed E-state index contributed by atoms with van der Waals surface area (Å²) in [7, 11) is 0.